The molecule has 0 bridgehead atoms. The van der Waals surface area contributed by atoms with Crippen molar-refractivity contribution >= 4 is 22.6 Å². The molecule has 1 aliphatic heterocycles. The molecule has 11 heteroatoms. The van der Waals surface area contributed by atoms with E-state index < -0.39 is 41.7 Å². The summed E-state index contributed by atoms with van der Waals surface area (Å²) in [6.45, 7) is 3.46. The Morgan fingerprint density at radius 1 is 0.816 bits per heavy atom. The Morgan fingerprint density at radius 3 is 2.27 bits per heavy atom. The SMILES string of the molecule is COc1cccc(-c2cc(C(=O)Nc3cc4ccc(O[C@@H]5OC(C)(C)[C@H](OC)[C@@H](O)[C@@H]5O)c(-c5ccccc5)c4oc3=O)ccc2OC)c1. The summed E-state index contributed by atoms with van der Waals surface area (Å²) in [5.41, 5.74) is 1.16. The van der Waals surface area contributed by atoms with Crippen LogP contribution in [0, 0.1) is 0 Å². The molecule has 0 spiro atoms. The van der Waals surface area contributed by atoms with E-state index in [0.717, 1.165) is 5.56 Å². The second-order valence-electron chi connectivity index (χ2n) is 12.1. The fourth-order valence-electron chi connectivity index (χ4n) is 6.12. The first-order chi connectivity index (χ1) is 23.5. The van der Waals surface area contributed by atoms with Gasteiger partial charge < -0.3 is 43.6 Å². The average Bonchev–Trinajstić information content (AvgIpc) is 3.11. The van der Waals surface area contributed by atoms with Gasteiger partial charge in [0, 0.05) is 23.6 Å². The molecule has 1 amide bonds. The van der Waals surface area contributed by atoms with Crippen LogP contribution in [0.4, 0.5) is 5.69 Å². The molecule has 3 N–H and O–H groups in total. The Kier molecular flexibility index (Phi) is 9.44. The van der Waals surface area contributed by atoms with Crippen molar-refractivity contribution in [2.45, 2.75) is 44.1 Å². The smallest absolute Gasteiger partial charge is 0.360 e. The van der Waals surface area contributed by atoms with E-state index >= 15 is 0 Å². The van der Waals surface area contributed by atoms with E-state index in [0.29, 0.717) is 39.1 Å². The largest absolute Gasteiger partial charge is 0.497 e. The molecular formula is C38H37NO10. The van der Waals surface area contributed by atoms with Crippen LogP contribution in [0.25, 0.3) is 33.2 Å². The number of anilines is 1. The number of nitrogens with one attached hydrogen (secondary N) is 1. The maximum Gasteiger partial charge on any atom is 0.360 e. The molecule has 49 heavy (non-hydrogen) atoms. The number of carbonyl (C=O) groups is 1. The van der Waals surface area contributed by atoms with Gasteiger partial charge in [-0.25, -0.2) is 4.79 Å². The second-order valence-corrected chi connectivity index (χ2v) is 12.1. The van der Waals surface area contributed by atoms with Crippen LogP contribution in [0.15, 0.2) is 100 Å². The number of ether oxygens (including phenoxy) is 5. The molecule has 4 atom stereocenters. The van der Waals surface area contributed by atoms with E-state index in [1.807, 2.05) is 54.6 Å². The lowest BCUT2D eigenvalue weighted by atomic mass is 9.89. The molecule has 0 aliphatic carbocycles. The van der Waals surface area contributed by atoms with E-state index in [1.54, 1.807) is 58.4 Å². The summed E-state index contributed by atoms with van der Waals surface area (Å²) in [4.78, 5) is 26.9. The summed E-state index contributed by atoms with van der Waals surface area (Å²) < 4.78 is 34.4. The van der Waals surface area contributed by atoms with Crippen molar-refractivity contribution in [3.63, 3.8) is 0 Å². The molecule has 1 fully saturated rings. The highest BCUT2D eigenvalue weighted by atomic mass is 16.7. The van der Waals surface area contributed by atoms with Crippen LogP contribution >= 0.6 is 0 Å². The van der Waals surface area contributed by atoms with Gasteiger partial charge in [0.1, 0.15) is 46.8 Å². The number of amides is 1. The number of aliphatic hydroxyl groups excluding tert-OH is 2. The van der Waals surface area contributed by atoms with Crippen LogP contribution in [0.2, 0.25) is 0 Å². The Hall–Kier alpha value is -5.20. The van der Waals surface area contributed by atoms with Gasteiger partial charge in [-0.05, 0) is 73.5 Å². The lowest BCUT2D eigenvalue weighted by molar-refractivity contribution is -0.305. The van der Waals surface area contributed by atoms with Crippen molar-refractivity contribution in [1.29, 1.82) is 0 Å². The molecular weight excluding hydrogens is 630 g/mol. The molecule has 0 saturated carbocycles. The van der Waals surface area contributed by atoms with Gasteiger partial charge in [0.05, 0.1) is 25.4 Å². The Balaban J connectivity index is 1.35. The summed E-state index contributed by atoms with van der Waals surface area (Å²) >= 11 is 0. The average molecular weight is 668 g/mol. The number of fused-ring (bicyclic) bond motifs is 1. The summed E-state index contributed by atoms with van der Waals surface area (Å²) in [5, 5.41) is 24.9. The zero-order valence-corrected chi connectivity index (χ0v) is 27.6. The van der Waals surface area contributed by atoms with Crippen molar-refractivity contribution < 1.29 is 43.1 Å². The number of aliphatic hydroxyl groups is 2. The lowest BCUT2D eigenvalue weighted by Crippen LogP contribution is -2.63. The quantitative estimate of drug-likeness (QED) is 0.169. The third-order valence-corrected chi connectivity index (χ3v) is 8.56. The molecule has 1 saturated heterocycles. The Bertz CT molecular complexity index is 2040. The van der Waals surface area contributed by atoms with Crippen molar-refractivity contribution in [2.24, 2.45) is 0 Å². The maximum absolute atomic E-state index is 13.5. The second kappa shape index (κ2) is 13.7. The number of methoxy groups -OCH3 is 3. The third kappa shape index (κ3) is 6.61. The molecule has 2 heterocycles. The van der Waals surface area contributed by atoms with Crippen LogP contribution < -0.4 is 25.2 Å². The van der Waals surface area contributed by atoms with E-state index in [4.69, 9.17) is 28.1 Å². The first-order valence-electron chi connectivity index (χ1n) is 15.6. The summed E-state index contributed by atoms with van der Waals surface area (Å²) in [6.07, 6.45) is -4.80. The summed E-state index contributed by atoms with van der Waals surface area (Å²) in [7, 11) is 4.55. The molecule has 11 nitrogen and oxygen atoms in total. The van der Waals surface area contributed by atoms with E-state index in [-0.39, 0.29) is 17.0 Å². The first kappa shape index (κ1) is 33.7. The van der Waals surface area contributed by atoms with Gasteiger partial charge in [-0.15, -0.1) is 0 Å². The standard InChI is InChI=1S/C38H37NO10/c1-38(2)34(46-5)31(40)32(41)37(49-38)47-29-17-14-23-20-27(36(43)48-33(23)30(29)21-10-7-6-8-11-21)39-35(42)24-15-16-28(45-4)26(19-24)22-12-9-13-25(18-22)44-3/h6-20,31-32,34,37,40-41H,1-5H3,(H,39,42)/t31-,32-,34+,37+/m0/s1. The highest BCUT2D eigenvalue weighted by molar-refractivity contribution is 6.06. The molecule has 1 aromatic heterocycles. The fourth-order valence-corrected chi connectivity index (χ4v) is 6.12. The highest BCUT2D eigenvalue weighted by Crippen LogP contribution is 2.40. The molecule has 1 aliphatic rings. The monoisotopic (exact) mass is 667 g/mol. The van der Waals surface area contributed by atoms with Crippen LogP contribution in [0.5, 0.6) is 17.2 Å². The van der Waals surface area contributed by atoms with Gasteiger partial charge >= 0.3 is 5.63 Å². The van der Waals surface area contributed by atoms with E-state index in [1.165, 1.54) is 13.2 Å². The predicted molar refractivity (Wildman–Crippen MR) is 183 cm³/mol. The Morgan fingerprint density at radius 2 is 1.55 bits per heavy atom. The van der Waals surface area contributed by atoms with Crippen LogP contribution in [-0.2, 0) is 9.47 Å². The van der Waals surface area contributed by atoms with E-state index in [9.17, 15) is 19.8 Å². The summed E-state index contributed by atoms with van der Waals surface area (Å²) in [5.74, 6) is 0.921. The maximum atomic E-state index is 13.5. The van der Waals surface area contributed by atoms with Crippen LogP contribution in [0.1, 0.15) is 24.2 Å². The molecule has 5 aromatic rings. The first-order valence-corrected chi connectivity index (χ1v) is 15.6. The van der Waals surface area contributed by atoms with Crippen molar-refractivity contribution in [3.05, 3.63) is 107 Å². The molecule has 6 rings (SSSR count). The van der Waals surface area contributed by atoms with Crippen molar-refractivity contribution in [3.8, 4) is 39.5 Å². The van der Waals surface area contributed by atoms with Gasteiger partial charge in [-0.1, -0.05) is 42.5 Å². The van der Waals surface area contributed by atoms with E-state index in [2.05, 4.69) is 5.32 Å². The number of benzene rings is 4. The van der Waals surface area contributed by atoms with Crippen molar-refractivity contribution in [1.82, 2.24) is 0 Å². The minimum atomic E-state index is -1.44. The normalized spacial score (nSPS) is 20.1. The van der Waals surface area contributed by atoms with Crippen LogP contribution in [-0.4, -0.2) is 67.7 Å². The minimum Gasteiger partial charge on any atom is -0.497 e. The molecule has 0 unspecified atom stereocenters. The fraction of sp³-hybridized carbons (Fsp3) is 0.263. The summed E-state index contributed by atoms with van der Waals surface area (Å²) in [6, 6.07) is 26.3. The number of hydrogen-bond acceptors (Lipinski definition) is 10. The molecule has 254 valence electrons. The van der Waals surface area contributed by atoms with Gasteiger partial charge in [0.2, 0.25) is 6.29 Å². The highest BCUT2D eigenvalue weighted by Gasteiger charge is 2.50. The predicted octanol–water partition coefficient (Wildman–Crippen LogP) is 5.65. The number of carbonyl (C=O) groups excluding carboxylic acids is 1. The molecule has 0 radical (unpaired) electrons. The minimum absolute atomic E-state index is 0.0644. The van der Waals surface area contributed by atoms with Gasteiger partial charge in [0.15, 0.2) is 0 Å². The third-order valence-electron chi connectivity index (χ3n) is 8.56. The number of hydrogen-bond donors (Lipinski definition) is 3. The number of rotatable bonds is 9. The lowest BCUT2D eigenvalue weighted by Gasteiger charge is -2.46. The van der Waals surface area contributed by atoms with Gasteiger partial charge in [0.25, 0.3) is 5.91 Å². The Labute approximate surface area is 282 Å². The van der Waals surface area contributed by atoms with Crippen LogP contribution in [0.3, 0.4) is 0 Å². The topological polar surface area (TPSA) is 146 Å². The van der Waals surface area contributed by atoms with Crippen molar-refractivity contribution in [2.75, 3.05) is 26.6 Å². The molecule has 4 aromatic carbocycles. The zero-order valence-electron chi connectivity index (χ0n) is 27.6. The van der Waals surface area contributed by atoms with Gasteiger partial charge in [-0.3, -0.25) is 4.79 Å². The van der Waals surface area contributed by atoms with Gasteiger partial charge in [-0.2, -0.15) is 0 Å². The zero-order chi connectivity index (χ0) is 34.9.